The Morgan fingerprint density at radius 2 is 1.86 bits per heavy atom. The Bertz CT molecular complexity index is 989. The van der Waals surface area contributed by atoms with Gasteiger partial charge in [-0.05, 0) is 82.2 Å². The first kappa shape index (κ1) is 29.7. The van der Waals surface area contributed by atoms with Crippen molar-refractivity contribution in [3.8, 4) is 0 Å². The summed E-state index contributed by atoms with van der Waals surface area (Å²) in [7, 11) is 0. The van der Waals surface area contributed by atoms with Gasteiger partial charge in [-0.1, -0.05) is 43.3 Å². The van der Waals surface area contributed by atoms with Crippen molar-refractivity contribution in [1.29, 1.82) is 0 Å². The van der Waals surface area contributed by atoms with Gasteiger partial charge in [0, 0.05) is 23.7 Å². The highest BCUT2D eigenvalue weighted by molar-refractivity contribution is 5.87. The lowest BCUT2D eigenvalue weighted by Gasteiger charge is -2.28. The molecule has 0 aromatic heterocycles. The van der Waals surface area contributed by atoms with Crippen LogP contribution in [0.4, 0.5) is 4.39 Å². The van der Waals surface area contributed by atoms with Gasteiger partial charge in [-0.15, -0.1) is 0 Å². The quantitative estimate of drug-likeness (QED) is 0.240. The topological polar surface area (TPSA) is 67.8 Å². The fourth-order valence-corrected chi connectivity index (χ4v) is 4.22. The summed E-state index contributed by atoms with van der Waals surface area (Å²) in [5, 5.41) is 13.9. The summed E-state index contributed by atoms with van der Waals surface area (Å²) in [6, 6.07) is 13.2. The zero-order valence-electron chi connectivity index (χ0n) is 22.4. The summed E-state index contributed by atoms with van der Waals surface area (Å²) in [5.41, 5.74) is 3.55. The highest BCUT2D eigenvalue weighted by atomic mass is 19.1. The lowest BCUT2D eigenvalue weighted by Crippen LogP contribution is -2.44. The maximum atomic E-state index is 14.6. The number of hydrogen-bond donors (Lipinski definition) is 2. The average Bonchev–Trinajstić information content (AvgIpc) is 2.85. The van der Waals surface area contributed by atoms with Crippen molar-refractivity contribution in [3.05, 3.63) is 76.6 Å². The van der Waals surface area contributed by atoms with Crippen LogP contribution in [0.5, 0.6) is 0 Å². The number of aryl methyl sites for hydroxylation is 2. The first-order valence-corrected chi connectivity index (χ1v) is 12.9. The molecule has 0 bridgehead atoms. The highest BCUT2D eigenvalue weighted by Gasteiger charge is 2.20. The van der Waals surface area contributed by atoms with Crippen LogP contribution in [0.25, 0.3) is 6.08 Å². The minimum atomic E-state index is -0.738. The molecule has 198 valence electrons. The summed E-state index contributed by atoms with van der Waals surface area (Å²) in [6.07, 6.45) is 5.56. The molecule has 2 aromatic carbocycles. The lowest BCUT2D eigenvalue weighted by molar-refractivity contribution is -0.137. The molecule has 6 heteroatoms. The van der Waals surface area contributed by atoms with E-state index in [1.54, 1.807) is 26.0 Å². The zero-order chi connectivity index (χ0) is 26.6. The summed E-state index contributed by atoms with van der Waals surface area (Å²) in [6.45, 7) is 10.6. The Balaban J connectivity index is 1.84. The van der Waals surface area contributed by atoms with Gasteiger partial charge in [-0.2, -0.15) is 0 Å². The van der Waals surface area contributed by atoms with Crippen LogP contribution < -0.4 is 5.32 Å². The van der Waals surface area contributed by atoms with Crippen LogP contribution in [0.1, 0.15) is 75.8 Å². The highest BCUT2D eigenvalue weighted by Crippen LogP contribution is 2.26. The fraction of sp³-hybridized carbons (Fsp3) is 0.500. The molecule has 0 aliphatic rings. The summed E-state index contributed by atoms with van der Waals surface area (Å²) in [5.74, 6) is -0.910. The van der Waals surface area contributed by atoms with E-state index in [4.69, 9.17) is 9.47 Å². The Kier molecular flexibility index (Phi) is 12.3. The minimum absolute atomic E-state index is 0.0590. The molecular weight excluding hydrogens is 457 g/mol. The van der Waals surface area contributed by atoms with Gasteiger partial charge in [0.15, 0.2) is 0 Å². The van der Waals surface area contributed by atoms with Crippen molar-refractivity contribution in [2.75, 3.05) is 19.8 Å². The van der Waals surface area contributed by atoms with Crippen molar-refractivity contribution in [3.63, 3.8) is 0 Å². The fourth-order valence-electron chi connectivity index (χ4n) is 4.22. The van der Waals surface area contributed by atoms with Gasteiger partial charge in [0.2, 0.25) is 0 Å². The van der Waals surface area contributed by atoms with Crippen molar-refractivity contribution in [2.24, 2.45) is 0 Å². The van der Waals surface area contributed by atoms with Gasteiger partial charge < -0.3 is 19.9 Å². The molecule has 0 saturated carbocycles. The van der Waals surface area contributed by atoms with Gasteiger partial charge in [-0.25, -0.2) is 9.18 Å². The van der Waals surface area contributed by atoms with Crippen LogP contribution in [0.3, 0.4) is 0 Å². The number of rotatable bonds is 15. The third-order valence-corrected chi connectivity index (χ3v) is 6.28. The molecule has 0 amide bonds. The molecule has 2 atom stereocenters. The van der Waals surface area contributed by atoms with Crippen molar-refractivity contribution < 1.29 is 23.8 Å². The van der Waals surface area contributed by atoms with Gasteiger partial charge in [0.25, 0.3) is 0 Å². The molecular formula is C30H42FNO4. The molecule has 0 aliphatic heterocycles. The van der Waals surface area contributed by atoms with E-state index in [-0.39, 0.29) is 18.8 Å². The normalized spacial score (nSPS) is 13.6. The van der Waals surface area contributed by atoms with Crippen molar-refractivity contribution in [2.45, 2.75) is 78.0 Å². The number of halogens is 1. The van der Waals surface area contributed by atoms with E-state index in [2.05, 4.69) is 50.4 Å². The third-order valence-electron chi connectivity index (χ3n) is 6.28. The number of carbonyl (C=O) groups excluding carboxylic acids is 1. The summed E-state index contributed by atoms with van der Waals surface area (Å²) >= 11 is 0. The van der Waals surface area contributed by atoms with Gasteiger partial charge in [0.1, 0.15) is 5.82 Å². The smallest absolute Gasteiger partial charge is 0.330 e. The largest absolute Gasteiger partial charge is 0.463 e. The molecule has 0 spiro atoms. The molecule has 1 unspecified atom stereocenters. The SMILES string of the molecule is CCOC(=O)/C=C/c1cccc(F)c1C(C)OC[C@H](O)CNC(C)(C)CCCc1ccccc1CC. The number of hydrogen-bond acceptors (Lipinski definition) is 5. The van der Waals surface area contributed by atoms with E-state index in [0.29, 0.717) is 17.7 Å². The Labute approximate surface area is 215 Å². The van der Waals surface area contributed by atoms with Crippen LogP contribution >= 0.6 is 0 Å². The number of ether oxygens (including phenoxy) is 2. The average molecular weight is 500 g/mol. The van der Waals surface area contributed by atoms with E-state index in [0.717, 1.165) is 25.7 Å². The molecule has 0 saturated heterocycles. The summed E-state index contributed by atoms with van der Waals surface area (Å²) in [4.78, 5) is 11.6. The Morgan fingerprint density at radius 1 is 1.14 bits per heavy atom. The molecule has 0 heterocycles. The van der Waals surface area contributed by atoms with Crippen LogP contribution in [0, 0.1) is 5.82 Å². The van der Waals surface area contributed by atoms with E-state index in [1.807, 2.05) is 0 Å². The van der Waals surface area contributed by atoms with Crippen LogP contribution in [0.15, 0.2) is 48.5 Å². The van der Waals surface area contributed by atoms with Crippen LogP contribution in [-0.2, 0) is 27.1 Å². The number of aliphatic hydroxyl groups is 1. The second kappa shape index (κ2) is 14.9. The number of carbonyl (C=O) groups is 1. The lowest BCUT2D eigenvalue weighted by atomic mass is 9.93. The standard InChI is InChI=1S/C30H42FNO4/c1-6-23-12-8-9-13-24(23)15-11-19-30(4,5)32-20-26(33)21-36-22(3)29-25(14-10-16-27(29)31)17-18-28(34)35-7-2/h8-10,12-14,16-18,22,26,32-33H,6-7,11,15,19-21H2,1-5H3/b18-17+/t22?,26-/m1/s1. The molecule has 5 nitrogen and oxygen atoms in total. The zero-order valence-corrected chi connectivity index (χ0v) is 22.4. The van der Waals surface area contributed by atoms with Crippen molar-refractivity contribution in [1.82, 2.24) is 5.32 Å². The Morgan fingerprint density at radius 3 is 2.56 bits per heavy atom. The van der Waals surface area contributed by atoms with E-state index >= 15 is 0 Å². The maximum Gasteiger partial charge on any atom is 0.330 e. The van der Waals surface area contributed by atoms with Crippen LogP contribution in [0.2, 0.25) is 0 Å². The van der Waals surface area contributed by atoms with Crippen molar-refractivity contribution >= 4 is 12.0 Å². The minimum Gasteiger partial charge on any atom is -0.463 e. The predicted molar refractivity (Wildman–Crippen MR) is 143 cm³/mol. The number of nitrogens with one attached hydrogen (secondary N) is 1. The molecule has 0 fully saturated rings. The second-order valence-corrected chi connectivity index (χ2v) is 9.70. The number of β-amino-alcohol motifs (C(OH)–C–C–N with tert-alkyl or cyclic N) is 1. The van der Waals surface area contributed by atoms with Gasteiger partial charge in [0.05, 0.1) is 25.4 Å². The van der Waals surface area contributed by atoms with Gasteiger partial charge in [-0.3, -0.25) is 0 Å². The first-order valence-electron chi connectivity index (χ1n) is 12.9. The second-order valence-electron chi connectivity index (χ2n) is 9.70. The van der Waals surface area contributed by atoms with Crippen LogP contribution in [-0.4, -0.2) is 42.5 Å². The van der Waals surface area contributed by atoms with E-state index in [1.165, 1.54) is 29.3 Å². The number of benzene rings is 2. The van der Waals surface area contributed by atoms with Gasteiger partial charge >= 0.3 is 5.97 Å². The monoisotopic (exact) mass is 499 g/mol. The molecule has 0 aliphatic carbocycles. The van der Waals surface area contributed by atoms with E-state index < -0.39 is 24.0 Å². The maximum absolute atomic E-state index is 14.6. The molecule has 2 rings (SSSR count). The summed E-state index contributed by atoms with van der Waals surface area (Å²) < 4.78 is 25.3. The molecule has 36 heavy (non-hydrogen) atoms. The molecule has 2 aromatic rings. The number of esters is 1. The predicted octanol–water partition coefficient (Wildman–Crippen LogP) is 5.79. The van der Waals surface area contributed by atoms with E-state index in [9.17, 15) is 14.3 Å². The Hall–Kier alpha value is -2.54. The first-order chi connectivity index (χ1) is 17.2. The molecule has 0 radical (unpaired) electrons. The third kappa shape index (κ3) is 9.84. The molecule has 2 N–H and O–H groups in total. The number of aliphatic hydroxyl groups excluding tert-OH is 1.